The third kappa shape index (κ3) is 1.79. The Hall–Kier alpha value is -1.03. The van der Waals surface area contributed by atoms with Gasteiger partial charge in [0.1, 0.15) is 10.8 Å². The summed E-state index contributed by atoms with van der Waals surface area (Å²) < 4.78 is 7.96. The first-order chi connectivity index (χ1) is 10.7. The molecule has 2 bridgehead atoms. The van der Waals surface area contributed by atoms with E-state index in [2.05, 4.69) is 4.98 Å². The van der Waals surface area contributed by atoms with Crippen LogP contribution in [0.15, 0.2) is 12.3 Å². The number of aromatic hydroxyl groups is 2. The summed E-state index contributed by atoms with van der Waals surface area (Å²) in [5.41, 5.74) is -0.425. The van der Waals surface area contributed by atoms with Crippen molar-refractivity contribution in [1.29, 1.82) is 0 Å². The molecule has 2 aliphatic heterocycles. The van der Waals surface area contributed by atoms with E-state index >= 15 is 0 Å². The highest BCUT2D eigenvalue weighted by Gasteiger charge is 2.64. The van der Waals surface area contributed by atoms with Crippen molar-refractivity contribution in [3.8, 4) is 17.4 Å². The van der Waals surface area contributed by atoms with Gasteiger partial charge in [-0.05, 0) is 42.5 Å². The summed E-state index contributed by atoms with van der Waals surface area (Å²) in [6, 6.07) is 1.72. The molecule has 3 atom stereocenters. The zero-order chi connectivity index (χ0) is 16.7. The molecular formula is C15H14ClIN2O4. The summed E-state index contributed by atoms with van der Waals surface area (Å²) in [7, 11) is 0. The Labute approximate surface area is 150 Å². The molecule has 1 fully saturated rings. The summed E-state index contributed by atoms with van der Waals surface area (Å²) >= 11 is 7.97. The molecule has 1 saturated heterocycles. The second-order valence-corrected chi connectivity index (χ2v) is 7.88. The number of aliphatic hydroxyl groups excluding tert-OH is 1. The minimum Gasteiger partial charge on any atom is -0.494 e. The van der Waals surface area contributed by atoms with Crippen molar-refractivity contribution >= 4 is 34.2 Å². The van der Waals surface area contributed by atoms with E-state index in [0.29, 0.717) is 32.0 Å². The number of aromatic nitrogens is 2. The number of aliphatic hydroxyl groups is 1. The largest absolute Gasteiger partial charge is 0.494 e. The van der Waals surface area contributed by atoms with E-state index in [9.17, 15) is 15.3 Å². The van der Waals surface area contributed by atoms with Gasteiger partial charge < -0.3 is 20.1 Å². The molecule has 0 amide bonds. The zero-order valence-corrected chi connectivity index (χ0v) is 15.3. The molecule has 8 heteroatoms. The van der Waals surface area contributed by atoms with Crippen molar-refractivity contribution in [3.63, 3.8) is 0 Å². The predicted molar refractivity (Wildman–Crippen MR) is 91.0 cm³/mol. The average molecular weight is 449 g/mol. The van der Waals surface area contributed by atoms with Crippen molar-refractivity contribution in [2.75, 3.05) is 0 Å². The number of hydrogen-bond donors (Lipinski definition) is 3. The highest BCUT2D eigenvalue weighted by Crippen LogP contribution is 2.64. The van der Waals surface area contributed by atoms with Gasteiger partial charge in [-0.2, -0.15) is 0 Å². The molecule has 2 aromatic heterocycles. The summed E-state index contributed by atoms with van der Waals surface area (Å²) in [6.45, 7) is 3.53. The van der Waals surface area contributed by atoms with Crippen LogP contribution in [0.1, 0.15) is 31.4 Å². The third-order valence-corrected chi connectivity index (χ3v) is 6.28. The van der Waals surface area contributed by atoms with Gasteiger partial charge in [0, 0.05) is 6.42 Å². The van der Waals surface area contributed by atoms with Crippen molar-refractivity contribution in [1.82, 2.24) is 9.55 Å². The molecule has 0 radical (unpaired) electrons. The smallest absolute Gasteiger partial charge is 0.205 e. The number of fused-ring (bicyclic) bond motifs is 5. The summed E-state index contributed by atoms with van der Waals surface area (Å²) in [4.78, 5) is 4.06. The van der Waals surface area contributed by atoms with Crippen LogP contribution in [-0.2, 0) is 15.9 Å². The molecule has 0 aliphatic carbocycles. The summed E-state index contributed by atoms with van der Waals surface area (Å²) in [6.07, 6.45) is 1.09. The molecular weight excluding hydrogens is 435 g/mol. The Balaban J connectivity index is 2.00. The number of hydrogen-bond acceptors (Lipinski definition) is 5. The molecule has 0 saturated carbocycles. The minimum atomic E-state index is -1.04. The Morgan fingerprint density at radius 2 is 2.00 bits per heavy atom. The lowest BCUT2D eigenvalue weighted by molar-refractivity contribution is -0.0936. The Morgan fingerprint density at radius 1 is 1.35 bits per heavy atom. The second kappa shape index (κ2) is 4.53. The number of rotatable bonds is 1. The second-order valence-electron chi connectivity index (χ2n) is 6.36. The summed E-state index contributed by atoms with van der Waals surface area (Å²) in [5.74, 6) is -0.252. The van der Waals surface area contributed by atoms with Crippen LogP contribution in [0.5, 0.6) is 11.8 Å². The van der Waals surface area contributed by atoms with Gasteiger partial charge in [0.15, 0.2) is 0 Å². The number of ether oxygens (including phenoxy) is 1. The lowest BCUT2D eigenvalue weighted by Gasteiger charge is -2.25. The van der Waals surface area contributed by atoms with Gasteiger partial charge in [0.2, 0.25) is 11.8 Å². The van der Waals surface area contributed by atoms with Gasteiger partial charge in [0.05, 0.1) is 38.3 Å². The zero-order valence-electron chi connectivity index (χ0n) is 12.3. The fourth-order valence-corrected chi connectivity index (χ4v) is 4.37. The van der Waals surface area contributed by atoms with Crippen LogP contribution in [0.2, 0.25) is 5.15 Å². The SMILES string of the molecule is CC12C[C@H](O)C(C)(O1)c1c2c(O)n(-c2cnc(Cl)c(I)c2)c1O. The van der Waals surface area contributed by atoms with Crippen LogP contribution < -0.4 is 0 Å². The van der Waals surface area contributed by atoms with E-state index in [1.807, 2.05) is 22.6 Å². The number of pyridine rings is 1. The van der Waals surface area contributed by atoms with Gasteiger partial charge in [-0.3, -0.25) is 0 Å². The van der Waals surface area contributed by atoms with E-state index in [0.717, 1.165) is 0 Å². The Morgan fingerprint density at radius 3 is 2.65 bits per heavy atom. The van der Waals surface area contributed by atoms with E-state index in [1.54, 1.807) is 19.9 Å². The maximum Gasteiger partial charge on any atom is 0.205 e. The van der Waals surface area contributed by atoms with E-state index < -0.39 is 17.3 Å². The maximum atomic E-state index is 10.7. The van der Waals surface area contributed by atoms with Crippen LogP contribution in [0.25, 0.3) is 5.69 Å². The van der Waals surface area contributed by atoms with E-state index in [1.165, 1.54) is 10.8 Å². The standard InChI is InChI=1S/C15H14ClIN2O4/c1-14-4-8(20)15(2,23-14)10-9(14)12(21)19(13(10)22)6-3-7(17)11(16)18-5-6/h3,5,8,20-22H,4H2,1-2H3/t8-,14?,15?/m0/s1. The topological polar surface area (TPSA) is 87.7 Å². The summed E-state index contributed by atoms with van der Waals surface area (Å²) in [5, 5.41) is 32.1. The van der Waals surface area contributed by atoms with Gasteiger partial charge in [-0.25, -0.2) is 9.55 Å². The minimum absolute atomic E-state index is 0.101. The molecule has 4 heterocycles. The molecule has 2 aliphatic rings. The van der Waals surface area contributed by atoms with Crippen molar-refractivity contribution in [3.05, 3.63) is 32.1 Å². The quantitative estimate of drug-likeness (QED) is 0.461. The Kier molecular flexibility index (Phi) is 3.05. The average Bonchev–Trinajstić information content (AvgIpc) is 2.96. The Bertz CT molecular complexity index is 854. The lowest BCUT2D eigenvalue weighted by Crippen LogP contribution is -2.32. The van der Waals surface area contributed by atoms with E-state index in [-0.39, 0.29) is 11.8 Å². The van der Waals surface area contributed by atoms with Gasteiger partial charge >= 0.3 is 0 Å². The van der Waals surface area contributed by atoms with Crippen molar-refractivity contribution in [2.45, 2.75) is 37.6 Å². The van der Waals surface area contributed by atoms with Crippen LogP contribution in [-0.4, -0.2) is 31.0 Å². The molecule has 3 N–H and O–H groups in total. The van der Waals surface area contributed by atoms with Gasteiger partial charge in [0.25, 0.3) is 0 Å². The molecule has 2 unspecified atom stereocenters. The number of halogens is 2. The van der Waals surface area contributed by atoms with Crippen molar-refractivity contribution in [2.24, 2.45) is 0 Å². The first-order valence-corrected chi connectivity index (χ1v) is 8.52. The maximum absolute atomic E-state index is 10.7. The first kappa shape index (κ1) is 15.5. The highest BCUT2D eigenvalue weighted by atomic mass is 127. The molecule has 6 nitrogen and oxygen atoms in total. The van der Waals surface area contributed by atoms with Crippen LogP contribution in [0.4, 0.5) is 0 Å². The normalized spacial score (nSPS) is 31.6. The predicted octanol–water partition coefficient (Wildman–Crippen LogP) is 2.77. The lowest BCUT2D eigenvalue weighted by atomic mass is 9.78. The first-order valence-electron chi connectivity index (χ1n) is 7.06. The van der Waals surface area contributed by atoms with E-state index in [4.69, 9.17) is 16.3 Å². The third-order valence-electron chi connectivity index (χ3n) is 4.84. The molecule has 4 rings (SSSR count). The fourth-order valence-electron chi connectivity index (χ4n) is 3.81. The van der Waals surface area contributed by atoms with Gasteiger partial charge in [-0.15, -0.1) is 0 Å². The molecule has 23 heavy (non-hydrogen) atoms. The number of nitrogens with zero attached hydrogens (tertiary/aromatic N) is 2. The van der Waals surface area contributed by atoms with Crippen LogP contribution in [0, 0.1) is 3.57 Å². The molecule has 0 aromatic carbocycles. The van der Waals surface area contributed by atoms with Crippen molar-refractivity contribution < 1.29 is 20.1 Å². The molecule has 0 spiro atoms. The van der Waals surface area contributed by atoms with Crippen LogP contribution >= 0.6 is 34.2 Å². The molecule has 2 aromatic rings. The fraction of sp³-hybridized carbons (Fsp3) is 0.400. The van der Waals surface area contributed by atoms with Crippen LogP contribution in [0.3, 0.4) is 0 Å². The monoisotopic (exact) mass is 448 g/mol. The molecule has 122 valence electrons. The highest BCUT2D eigenvalue weighted by molar-refractivity contribution is 14.1. The van der Waals surface area contributed by atoms with Gasteiger partial charge in [-0.1, -0.05) is 11.6 Å².